The first-order valence-corrected chi connectivity index (χ1v) is 13.6. The van der Waals surface area contributed by atoms with Crippen molar-refractivity contribution in [2.45, 2.75) is 31.7 Å². The van der Waals surface area contributed by atoms with Gasteiger partial charge < -0.3 is 29.4 Å². The number of furan rings is 1. The minimum absolute atomic E-state index is 0.0119. The number of halogens is 3. The third-order valence-corrected chi connectivity index (χ3v) is 7.44. The maximum Gasteiger partial charge on any atom is 0.406 e. The molecule has 0 saturated carbocycles. The second-order valence-corrected chi connectivity index (χ2v) is 10.2. The van der Waals surface area contributed by atoms with Crippen molar-refractivity contribution in [1.29, 1.82) is 0 Å². The van der Waals surface area contributed by atoms with E-state index >= 15 is 0 Å². The van der Waals surface area contributed by atoms with Gasteiger partial charge in [-0.1, -0.05) is 30.3 Å². The monoisotopic (exact) mass is 590 g/mol. The fraction of sp³-hybridized carbons (Fsp3) is 0.464. The summed E-state index contributed by atoms with van der Waals surface area (Å²) in [4.78, 5) is 30.3. The van der Waals surface area contributed by atoms with E-state index in [2.05, 4.69) is 15.7 Å². The number of aryl methyl sites for hydroxylation is 1. The number of rotatable bonds is 8. The number of carbonyl (C=O) groups excluding carboxylic acids is 2. The smallest absolute Gasteiger partial charge is 0.406 e. The van der Waals surface area contributed by atoms with Gasteiger partial charge in [0.2, 0.25) is 5.91 Å². The molecule has 2 atom stereocenters. The molecule has 42 heavy (non-hydrogen) atoms. The molecule has 1 aromatic carbocycles. The van der Waals surface area contributed by atoms with Crippen LogP contribution in [-0.2, 0) is 16.1 Å². The van der Waals surface area contributed by atoms with Crippen LogP contribution in [0.3, 0.4) is 0 Å². The van der Waals surface area contributed by atoms with Gasteiger partial charge in [-0.3, -0.25) is 14.5 Å². The molecule has 2 fully saturated rings. The summed E-state index contributed by atoms with van der Waals surface area (Å²) in [5.74, 6) is -1.11. The summed E-state index contributed by atoms with van der Waals surface area (Å²) in [7, 11) is 1.30. The molecule has 11 nitrogen and oxygen atoms in total. The summed E-state index contributed by atoms with van der Waals surface area (Å²) in [6, 6.07) is 5.52. The van der Waals surface area contributed by atoms with E-state index in [-0.39, 0.29) is 49.0 Å². The van der Waals surface area contributed by atoms with E-state index in [4.69, 9.17) is 13.9 Å². The van der Waals surface area contributed by atoms with Gasteiger partial charge in [-0.2, -0.15) is 23.0 Å². The van der Waals surface area contributed by atoms with Crippen molar-refractivity contribution < 1.29 is 36.7 Å². The van der Waals surface area contributed by atoms with E-state index in [9.17, 15) is 22.8 Å². The molecule has 2 aromatic heterocycles. The maximum absolute atomic E-state index is 14.5. The molecule has 2 aliphatic rings. The molecular formula is C28H33F3N6O5. The van der Waals surface area contributed by atoms with Gasteiger partial charge in [0.05, 0.1) is 38.7 Å². The average Bonchev–Trinajstić information content (AvgIpc) is 3.59. The molecule has 5 rings (SSSR count). The van der Waals surface area contributed by atoms with E-state index < -0.39 is 30.1 Å². The zero-order valence-electron chi connectivity index (χ0n) is 23.3. The van der Waals surface area contributed by atoms with Crippen molar-refractivity contribution in [3.8, 4) is 5.75 Å². The first-order valence-electron chi connectivity index (χ1n) is 13.6. The highest BCUT2D eigenvalue weighted by atomic mass is 19.4. The van der Waals surface area contributed by atoms with Crippen molar-refractivity contribution in [2.75, 3.05) is 58.4 Å². The number of amides is 1. The Morgan fingerprint density at radius 1 is 1.14 bits per heavy atom. The van der Waals surface area contributed by atoms with Gasteiger partial charge in [-0.15, -0.1) is 0 Å². The number of hydrogen-bond donors (Lipinski definition) is 2. The van der Waals surface area contributed by atoms with Crippen LogP contribution in [0.25, 0.3) is 0 Å². The molecule has 0 radical (unpaired) electrons. The summed E-state index contributed by atoms with van der Waals surface area (Å²) < 4.78 is 60.7. The lowest BCUT2D eigenvalue weighted by molar-refractivity contribution is -0.182. The van der Waals surface area contributed by atoms with E-state index in [1.54, 1.807) is 6.92 Å². The number of benzene rings is 1. The van der Waals surface area contributed by atoms with Crippen LogP contribution < -0.4 is 15.4 Å². The minimum atomic E-state index is -4.74. The van der Waals surface area contributed by atoms with Gasteiger partial charge in [0.15, 0.2) is 11.6 Å². The largest absolute Gasteiger partial charge is 0.491 e. The van der Waals surface area contributed by atoms with Crippen LogP contribution in [0.5, 0.6) is 5.75 Å². The van der Waals surface area contributed by atoms with Gasteiger partial charge in [0.1, 0.15) is 24.0 Å². The fourth-order valence-electron chi connectivity index (χ4n) is 5.29. The van der Waals surface area contributed by atoms with Gasteiger partial charge in [-0.25, -0.2) is 0 Å². The number of alkyl halides is 3. The lowest BCUT2D eigenvalue weighted by Crippen LogP contribution is -2.61. The number of hydrogen-bond acceptors (Lipinski definition) is 9. The van der Waals surface area contributed by atoms with Crippen molar-refractivity contribution >= 4 is 17.6 Å². The van der Waals surface area contributed by atoms with Crippen molar-refractivity contribution in [1.82, 2.24) is 24.9 Å². The Labute approximate surface area is 240 Å². The summed E-state index contributed by atoms with van der Waals surface area (Å²) in [5.41, 5.74) is 1.38. The van der Waals surface area contributed by atoms with Gasteiger partial charge in [0.25, 0.3) is 5.91 Å². The van der Waals surface area contributed by atoms with Crippen LogP contribution in [0.15, 0.2) is 47.3 Å². The molecule has 4 heterocycles. The number of nitrogens with one attached hydrogen (secondary N) is 2. The summed E-state index contributed by atoms with van der Waals surface area (Å²) in [6.07, 6.45) is -2.09. The number of carbonyl (C=O) groups is 2. The number of ether oxygens (including phenoxy) is 2. The Bertz CT molecular complexity index is 1390. The predicted octanol–water partition coefficient (Wildman–Crippen LogP) is 2.83. The number of piperazine rings is 1. The van der Waals surface area contributed by atoms with Crippen molar-refractivity contribution in [3.63, 3.8) is 0 Å². The number of aromatic nitrogens is 2. The van der Waals surface area contributed by atoms with Crippen LogP contribution in [-0.4, -0.2) is 96.7 Å². The molecule has 14 heteroatoms. The number of morpholine rings is 1. The minimum Gasteiger partial charge on any atom is -0.491 e. The van der Waals surface area contributed by atoms with E-state index in [0.717, 1.165) is 10.2 Å². The second kappa shape index (κ2) is 12.5. The zero-order valence-corrected chi connectivity index (χ0v) is 23.3. The number of methoxy groups -OCH3 is 1. The van der Waals surface area contributed by atoms with Crippen molar-refractivity contribution in [2.24, 2.45) is 0 Å². The molecule has 2 saturated heterocycles. The summed E-state index contributed by atoms with van der Waals surface area (Å²) in [5, 5.41) is 10.1. The summed E-state index contributed by atoms with van der Waals surface area (Å²) in [6.45, 7) is 3.64. The van der Waals surface area contributed by atoms with Gasteiger partial charge in [-0.05, 0) is 12.5 Å². The fourth-order valence-corrected chi connectivity index (χ4v) is 5.29. The van der Waals surface area contributed by atoms with E-state index in [0.29, 0.717) is 31.9 Å². The standard InChI is InChI=1S/C28H33F3N6O5/c1-18-16-42-17-20(18)27(39)37-26(33-14-19-6-4-3-5-7-19)24(40-2)22(34-37)23-25(28(29,30)31)32-8-9-36(23)21(38)15-35-10-12-41-13-11-35/h3-7,16-17,23,25,32-33H,8-15H2,1-2H3. The Morgan fingerprint density at radius 3 is 2.52 bits per heavy atom. The van der Waals surface area contributed by atoms with Crippen LogP contribution in [0.1, 0.15) is 33.2 Å². The maximum atomic E-state index is 14.5. The topological polar surface area (TPSA) is 114 Å². The Kier molecular flexibility index (Phi) is 8.85. The predicted molar refractivity (Wildman–Crippen MR) is 145 cm³/mol. The Morgan fingerprint density at radius 2 is 1.88 bits per heavy atom. The van der Waals surface area contributed by atoms with E-state index in [1.807, 2.05) is 35.2 Å². The average molecular weight is 591 g/mol. The van der Waals surface area contributed by atoms with Crippen LogP contribution in [0, 0.1) is 6.92 Å². The quantitative estimate of drug-likeness (QED) is 0.409. The first-order chi connectivity index (χ1) is 20.2. The molecule has 2 aliphatic heterocycles. The third-order valence-electron chi connectivity index (χ3n) is 7.44. The van der Waals surface area contributed by atoms with Gasteiger partial charge in [0, 0.05) is 38.3 Å². The highest BCUT2D eigenvalue weighted by Crippen LogP contribution is 2.42. The van der Waals surface area contributed by atoms with Crippen molar-refractivity contribution in [3.05, 3.63) is 65.2 Å². The lowest BCUT2D eigenvalue weighted by atomic mass is 9.98. The molecule has 226 valence electrons. The number of anilines is 1. The highest BCUT2D eigenvalue weighted by Gasteiger charge is 2.52. The van der Waals surface area contributed by atoms with Crippen LogP contribution in [0.2, 0.25) is 0 Å². The summed E-state index contributed by atoms with van der Waals surface area (Å²) >= 11 is 0. The Hall–Kier alpha value is -3.88. The number of nitrogens with zero attached hydrogens (tertiary/aromatic N) is 4. The third kappa shape index (κ3) is 6.15. The van der Waals surface area contributed by atoms with Crippen LogP contribution >= 0.6 is 0 Å². The second-order valence-electron chi connectivity index (χ2n) is 10.2. The molecule has 2 unspecified atom stereocenters. The lowest BCUT2D eigenvalue weighted by Gasteiger charge is -2.42. The SMILES string of the molecule is COc1c(C2C(C(F)(F)F)NCCN2C(=O)CN2CCOCC2)nn(C(=O)c2cocc2C)c1NCc1ccccc1. The molecule has 0 aliphatic carbocycles. The molecule has 0 spiro atoms. The molecule has 2 N–H and O–H groups in total. The highest BCUT2D eigenvalue weighted by molar-refractivity contribution is 5.99. The zero-order chi connectivity index (χ0) is 29.9. The molecule has 1 amide bonds. The first kappa shape index (κ1) is 29.6. The molecule has 0 bridgehead atoms. The molecule has 3 aromatic rings. The van der Waals surface area contributed by atoms with Gasteiger partial charge >= 0.3 is 6.18 Å². The normalized spacial score (nSPS) is 20.0. The Balaban J connectivity index is 1.59. The van der Waals surface area contributed by atoms with E-state index in [1.165, 1.54) is 24.5 Å². The van der Waals surface area contributed by atoms with Crippen LogP contribution in [0.4, 0.5) is 19.0 Å². The molecular weight excluding hydrogens is 557 g/mol.